The molecule has 2 rings (SSSR count). The second-order valence-electron chi connectivity index (χ2n) is 3.42. The highest BCUT2D eigenvalue weighted by molar-refractivity contribution is 5.70. The minimum atomic E-state index is -0.142. The molecule has 2 aromatic heterocycles. The Hall–Kier alpha value is -2.17. The molecule has 0 aliphatic rings. The van der Waals surface area contributed by atoms with Crippen molar-refractivity contribution in [3.63, 3.8) is 0 Å². The second kappa shape index (κ2) is 4.14. The highest BCUT2D eigenvalue weighted by Crippen LogP contribution is 2.06. The van der Waals surface area contributed by atoms with Gasteiger partial charge in [-0.05, 0) is 19.1 Å². The fraction of sp³-hybridized carbons (Fsp3) is 0.182. The standard InChI is InChI=1S/C11H10N2O3/c1-8-4-11(15)13(7-12-8)5-9-2-3-10(6-14)16-9/h2-4,6-7H,5H2,1H3. The van der Waals surface area contributed by atoms with Crippen molar-refractivity contribution in [2.45, 2.75) is 13.5 Å². The van der Waals surface area contributed by atoms with Gasteiger partial charge in [0.2, 0.25) is 0 Å². The molecule has 0 aliphatic heterocycles. The number of nitrogens with zero attached hydrogens (tertiary/aromatic N) is 2. The maximum absolute atomic E-state index is 11.5. The largest absolute Gasteiger partial charge is 0.456 e. The average molecular weight is 218 g/mol. The van der Waals surface area contributed by atoms with Gasteiger partial charge in [-0.3, -0.25) is 14.2 Å². The number of hydrogen-bond donors (Lipinski definition) is 0. The number of furan rings is 1. The Morgan fingerprint density at radius 1 is 1.50 bits per heavy atom. The normalized spacial score (nSPS) is 10.3. The predicted octanol–water partition coefficient (Wildman–Crippen LogP) is 1.01. The van der Waals surface area contributed by atoms with Crippen LogP contribution in [0.15, 0.2) is 33.7 Å². The summed E-state index contributed by atoms with van der Waals surface area (Å²) in [6.07, 6.45) is 2.08. The summed E-state index contributed by atoms with van der Waals surface area (Å²) in [5.41, 5.74) is 0.533. The molecule has 5 nitrogen and oxygen atoms in total. The van der Waals surface area contributed by atoms with Crippen LogP contribution in [0.1, 0.15) is 22.0 Å². The molecule has 0 saturated carbocycles. The molecule has 2 heterocycles. The summed E-state index contributed by atoms with van der Waals surface area (Å²) in [6.45, 7) is 2.03. The Balaban J connectivity index is 2.26. The Morgan fingerprint density at radius 3 is 2.94 bits per heavy atom. The van der Waals surface area contributed by atoms with Crippen molar-refractivity contribution in [1.29, 1.82) is 0 Å². The highest BCUT2D eigenvalue weighted by Gasteiger charge is 2.03. The third-order valence-corrected chi connectivity index (χ3v) is 2.14. The van der Waals surface area contributed by atoms with E-state index in [1.807, 2.05) is 0 Å². The fourth-order valence-corrected chi connectivity index (χ4v) is 1.35. The third-order valence-electron chi connectivity index (χ3n) is 2.14. The Labute approximate surface area is 91.3 Å². The van der Waals surface area contributed by atoms with Crippen LogP contribution in [0.5, 0.6) is 0 Å². The van der Waals surface area contributed by atoms with Crippen LogP contribution < -0.4 is 5.56 Å². The van der Waals surface area contributed by atoms with E-state index in [0.29, 0.717) is 17.7 Å². The molecule has 0 saturated heterocycles. The molecule has 0 spiro atoms. The number of aryl methyl sites for hydroxylation is 1. The predicted molar refractivity (Wildman–Crippen MR) is 56.4 cm³/mol. The molecule has 16 heavy (non-hydrogen) atoms. The van der Waals surface area contributed by atoms with E-state index in [9.17, 15) is 9.59 Å². The molecule has 0 aromatic carbocycles. The van der Waals surface area contributed by atoms with Crippen molar-refractivity contribution < 1.29 is 9.21 Å². The van der Waals surface area contributed by atoms with Crippen molar-refractivity contribution in [2.24, 2.45) is 0 Å². The van der Waals surface area contributed by atoms with Gasteiger partial charge in [-0.15, -0.1) is 0 Å². The van der Waals surface area contributed by atoms with Gasteiger partial charge < -0.3 is 4.42 Å². The summed E-state index contributed by atoms with van der Waals surface area (Å²) in [5, 5.41) is 0. The summed E-state index contributed by atoms with van der Waals surface area (Å²) < 4.78 is 6.58. The number of carbonyl (C=O) groups is 1. The Bertz CT molecular complexity index is 569. The zero-order valence-electron chi connectivity index (χ0n) is 8.71. The molecule has 0 bridgehead atoms. The molecule has 0 N–H and O–H groups in total. The lowest BCUT2D eigenvalue weighted by atomic mass is 10.4. The summed E-state index contributed by atoms with van der Waals surface area (Å²) in [4.78, 5) is 26.0. The van der Waals surface area contributed by atoms with E-state index in [1.54, 1.807) is 19.1 Å². The van der Waals surface area contributed by atoms with Crippen LogP contribution >= 0.6 is 0 Å². The van der Waals surface area contributed by atoms with E-state index in [2.05, 4.69) is 4.98 Å². The molecular formula is C11H10N2O3. The van der Waals surface area contributed by atoms with Crippen LogP contribution in [0.25, 0.3) is 0 Å². The number of aldehydes is 1. The zero-order chi connectivity index (χ0) is 11.5. The second-order valence-corrected chi connectivity index (χ2v) is 3.42. The maximum Gasteiger partial charge on any atom is 0.253 e. The molecular weight excluding hydrogens is 208 g/mol. The Kier molecular flexibility index (Phi) is 2.68. The minimum absolute atomic E-state index is 0.142. The van der Waals surface area contributed by atoms with Crippen molar-refractivity contribution in [1.82, 2.24) is 9.55 Å². The number of rotatable bonds is 3. The first-order valence-corrected chi connectivity index (χ1v) is 4.76. The first-order valence-electron chi connectivity index (χ1n) is 4.76. The van der Waals surface area contributed by atoms with Gasteiger partial charge in [0, 0.05) is 11.8 Å². The molecule has 0 atom stereocenters. The van der Waals surface area contributed by atoms with Crippen molar-refractivity contribution in [3.05, 3.63) is 52.1 Å². The van der Waals surface area contributed by atoms with E-state index < -0.39 is 0 Å². The summed E-state index contributed by atoms with van der Waals surface area (Å²) in [6, 6.07) is 4.68. The molecule has 0 fully saturated rings. The van der Waals surface area contributed by atoms with Crippen molar-refractivity contribution in [2.75, 3.05) is 0 Å². The summed E-state index contributed by atoms with van der Waals surface area (Å²) in [7, 11) is 0. The van der Waals surface area contributed by atoms with Crippen LogP contribution in [-0.4, -0.2) is 15.8 Å². The topological polar surface area (TPSA) is 65.1 Å². The average Bonchev–Trinajstić information content (AvgIpc) is 2.70. The Morgan fingerprint density at radius 2 is 2.31 bits per heavy atom. The smallest absolute Gasteiger partial charge is 0.253 e. The van der Waals surface area contributed by atoms with E-state index in [4.69, 9.17) is 4.42 Å². The summed E-state index contributed by atoms with van der Waals surface area (Å²) >= 11 is 0. The third kappa shape index (κ3) is 2.08. The molecule has 5 heteroatoms. The summed E-state index contributed by atoms with van der Waals surface area (Å²) in [5.74, 6) is 0.804. The lowest BCUT2D eigenvalue weighted by Crippen LogP contribution is -2.20. The zero-order valence-corrected chi connectivity index (χ0v) is 8.71. The fourth-order valence-electron chi connectivity index (χ4n) is 1.35. The van der Waals surface area contributed by atoms with Gasteiger partial charge >= 0.3 is 0 Å². The molecule has 82 valence electrons. The first-order chi connectivity index (χ1) is 7.69. The van der Waals surface area contributed by atoms with Crippen LogP contribution in [0.4, 0.5) is 0 Å². The van der Waals surface area contributed by atoms with Gasteiger partial charge in [0.1, 0.15) is 5.76 Å². The van der Waals surface area contributed by atoms with Crippen LogP contribution in [0.3, 0.4) is 0 Å². The van der Waals surface area contributed by atoms with Crippen LogP contribution in [0, 0.1) is 6.92 Å². The van der Waals surface area contributed by atoms with Gasteiger partial charge in [0.25, 0.3) is 5.56 Å². The van der Waals surface area contributed by atoms with E-state index in [-0.39, 0.29) is 17.9 Å². The quantitative estimate of drug-likeness (QED) is 0.721. The van der Waals surface area contributed by atoms with Gasteiger partial charge in [-0.2, -0.15) is 0 Å². The van der Waals surface area contributed by atoms with E-state index in [0.717, 1.165) is 0 Å². The molecule has 0 unspecified atom stereocenters. The molecule has 2 aromatic rings. The first kappa shape index (κ1) is 10.4. The molecule has 0 amide bonds. The lowest BCUT2D eigenvalue weighted by Gasteiger charge is -2.01. The number of aromatic nitrogens is 2. The van der Waals surface area contributed by atoms with E-state index in [1.165, 1.54) is 17.0 Å². The van der Waals surface area contributed by atoms with E-state index >= 15 is 0 Å². The van der Waals surface area contributed by atoms with Crippen LogP contribution in [0.2, 0.25) is 0 Å². The van der Waals surface area contributed by atoms with Crippen molar-refractivity contribution in [3.8, 4) is 0 Å². The monoisotopic (exact) mass is 218 g/mol. The number of carbonyl (C=O) groups excluding carboxylic acids is 1. The highest BCUT2D eigenvalue weighted by atomic mass is 16.3. The molecule has 0 aliphatic carbocycles. The molecule has 0 radical (unpaired) electrons. The SMILES string of the molecule is Cc1cc(=O)n(Cc2ccc(C=O)o2)cn1. The van der Waals surface area contributed by atoms with Gasteiger partial charge in [-0.1, -0.05) is 0 Å². The van der Waals surface area contributed by atoms with Gasteiger partial charge in [0.15, 0.2) is 12.0 Å². The lowest BCUT2D eigenvalue weighted by molar-refractivity contribution is 0.109. The maximum atomic E-state index is 11.5. The number of hydrogen-bond acceptors (Lipinski definition) is 4. The minimum Gasteiger partial charge on any atom is -0.456 e. The van der Waals surface area contributed by atoms with Gasteiger partial charge in [-0.25, -0.2) is 4.98 Å². The van der Waals surface area contributed by atoms with Crippen LogP contribution in [-0.2, 0) is 6.54 Å². The van der Waals surface area contributed by atoms with Gasteiger partial charge in [0.05, 0.1) is 12.9 Å². The van der Waals surface area contributed by atoms with Crippen molar-refractivity contribution >= 4 is 6.29 Å².